The number of urea groups is 1. The molecule has 6 heteroatoms. The van der Waals surface area contributed by atoms with Crippen molar-refractivity contribution >= 4 is 17.7 Å². The van der Waals surface area contributed by atoms with Crippen LogP contribution in [0.3, 0.4) is 0 Å². The summed E-state index contributed by atoms with van der Waals surface area (Å²) >= 11 is 0. The summed E-state index contributed by atoms with van der Waals surface area (Å²) in [6, 6.07) is 5.48. The molecule has 0 fully saturated rings. The van der Waals surface area contributed by atoms with Crippen molar-refractivity contribution < 1.29 is 19.8 Å². The van der Waals surface area contributed by atoms with Crippen LogP contribution in [0.4, 0.5) is 10.5 Å². The number of nitrogens with one attached hydrogen (secondary N) is 1. The normalized spacial score (nSPS) is 11.7. The number of anilines is 1. The third kappa shape index (κ3) is 4.06. The number of likely N-dealkylation sites (N-methyl/N-ethyl adjacent to an activating group) is 1. The lowest BCUT2D eigenvalue weighted by atomic mass is 10.2. The minimum atomic E-state index is -1.01. The van der Waals surface area contributed by atoms with Gasteiger partial charge in [0.25, 0.3) is 0 Å². The van der Waals surface area contributed by atoms with Gasteiger partial charge in [0.1, 0.15) is 0 Å². The van der Waals surface area contributed by atoms with E-state index in [1.54, 1.807) is 14.0 Å². The molecule has 0 radical (unpaired) electrons. The first-order valence-electron chi connectivity index (χ1n) is 5.43. The number of rotatable bonds is 4. The standard InChI is InChI=1S/C12H16N2O4/c1-8(15)7-14(2)12(18)13-10-5-3-9(4-6-10)11(16)17/h3-6,8,15H,7H2,1-2H3,(H,13,18)(H,16,17). The van der Waals surface area contributed by atoms with Crippen LogP contribution < -0.4 is 5.32 Å². The monoisotopic (exact) mass is 252 g/mol. The molecular formula is C12H16N2O4. The maximum absolute atomic E-state index is 11.7. The lowest BCUT2D eigenvalue weighted by molar-refractivity contribution is 0.0697. The van der Waals surface area contributed by atoms with Crippen molar-refractivity contribution in [2.24, 2.45) is 0 Å². The van der Waals surface area contributed by atoms with Crippen molar-refractivity contribution in [1.82, 2.24) is 4.90 Å². The number of carboxylic acids is 1. The quantitative estimate of drug-likeness (QED) is 0.751. The highest BCUT2D eigenvalue weighted by molar-refractivity contribution is 5.91. The molecule has 2 amide bonds. The Labute approximate surface area is 105 Å². The molecule has 0 saturated heterocycles. The fourth-order valence-electron chi connectivity index (χ4n) is 1.39. The molecule has 1 aromatic carbocycles. The van der Waals surface area contributed by atoms with E-state index in [0.717, 1.165) is 0 Å². The molecular weight excluding hydrogens is 236 g/mol. The predicted molar refractivity (Wildman–Crippen MR) is 66.7 cm³/mol. The summed E-state index contributed by atoms with van der Waals surface area (Å²) in [7, 11) is 1.56. The van der Waals surface area contributed by atoms with Gasteiger partial charge in [0.05, 0.1) is 11.7 Å². The Morgan fingerprint density at radius 1 is 1.33 bits per heavy atom. The highest BCUT2D eigenvalue weighted by Gasteiger charge is 2.11. The molecule has 0 heterocycles. The highest BCUT2D eigenvalue weighted by atomic mass is 16.4. The largest absolute Gasteiger partial charge is 0.478 e. The van der Waals surface area contributed by atoms with Crippen molar-refractivity contribution in [2.45, 2.75) is 13.0 Å². The molecule has 0 saturated carbocycles. The number of aromatic carboxylic acids is 1. The van der Waals surface area contributed by atoms with Crippen molar-refractivity contribution in [2.75, 3.05) is 18.9 Å². The molecule has 18 heavy (non-hydrogen) atoms. The van der Waals surface area contributed by atoms with Crippen LogP contribution in [0, 0.1) is 0 Å². The molecule has 1 aromatic rings. The van der Waals surface area contributed by atoms with Gasteiger partial charge < -0.3 is 20.4 Å². The van der Waals surface area contributed by atoms with Gasteiger partial charge in [-0.2, -0.15) is 0 Å². The lowest BCUT2D eigenvalue weighted by Gasteiger charge is -2.19. The molecule has 1 unspecified atom stereocenters. The number of carbonyl (C=O) groups is 2. The van der Waals surface area contributed by atoms with E-state index in [1.807, 2.05) is 0 Å². The Morgan fingerprint density at radius 3 is 2.33 bits per heavy atom. The summed E-state index contributed by atoms with van der Waals surface area (Å²) in [5, 5.41) is 20.5. The number of carbonyl (C=O) groups excluding carboxylic acids is 1. The van der Waals surface area contributed by atoms with Crippen molar-refractivity contribution in [3.05, 3.63) is 29.8 Å². The van der Waals surface area contributed by atoms with E-state index < -0.39 is 12.1 Å². The average molecular weight is 252 g/mol. The zero-order valence-corrected chi connectivity index (χ0v) is 10.3. The average Bonchev–Trinajstić information content (AvgIpc) is 2.28. The molecule has 98 valence electrons. The Hall–Kier alpha value is -2.08. The van der Waals surface area contributed by atoms with Crippen LogP contribution in [0.1, 0.15) is 17.3 Å². The van der Waals surface area contributed by atoms with E-state index in [1.165, 1.54) is 29.2 Å². The number of hydrogen-bond acceptors (Lipinski definition) is 3. The van der Waals surface area contributed by atoms with Crippen LogP contribution in [0.5, 0.6) is 0 Å². The van der Waals surface area contributed by atoms with Crippen LogP contribution in [-0.4, -0.2) is 46.8 Å². The SMILES string of the molecule is CC(O)CN(C)C(=O)Nc1ccc(C(=O)O)cc1. The smallest absolute Gasteiger partial charge is 0.335 e. The third-order valence-corrected chi connectivity index (χ3v) is 2.27. The van der Waals surface area contributed by atoms with Crippen LogP contribution in [0.25, 0.3) is 0 Å². The number of benzene rings is 1. The topological polar surface area (TPSA) is 89.9 Å². The maximum Gasteiger partial charge on any atom is 0.335 e. The zero-order valence-electron chi connectivity index (χ0n) is 10.3. The summed E-state index contributed by atoms with van der Waals surface area (Å²) in [6.07, 6.45) is -0.602. The van der Waals surface area contributed by atoms with E-state index >= 15 is 0 Å². The molecule has 0 spiro atoms. The van der Waals surface area contributed by atoms with Crippen LogP contribution >= 0.6 is 0 Å². The Bertz CT molecular complexity index is 428. The molecule has 0 aliphatic rings. The summed E-state index contributed by atoms with van der Waals surface area (Å²) in [6.45, 7) is 1.81. The van der Waals surface area contributed by atoms with Gasteiger partial charge in [-0.1, -0.05) is 0 Å². The highest BCUT2D eigenvalue weighted by Crippen LogP contribution is 2.10. The lowest BCUT2D eigenvalue weighted by Crippen LogP contribution is -2.36. The van der Waals surface area contributed by atoms with Crippen molar-refractivity contribution in [3.63, 3.8) is 0 Å². The summed E-state index contributed by atoms with van der Waals surface area (Å²) in [4.78, 5) is 23.6. The van der Waals surface area contributed by atoms with Crippen molar-refractivity contribution in [1.29, 1.82) is 0 Å². The Morgan fingerprint density at radius 2 is 1.89 bits per heavy atom. The van der Waals surface area contributed by atoms with Gasteiger partial charge in [-0.3, -0.25) is 0 Å². The number of amides is 2. The van der Waals surface area contributed by atoms with Crippen LogP contribution in [0.15, 0.2) is 24.3 Å². The first-order valence-corrected chi connectivity index (χ1v) is 5.43. The minimum Gasteiger partial charge on any atom is -0.478 e. The summed E-state index contributed by atoms with van der Waals surface area (Å²) in [5.74, 6) is -1.01. The van der Waals surface area contributed by atoms with Gasteiger partial charge in [-0.15, -0.1) is 0 Å². The molecule has 0 aliphatic carbocycles. The second-order valence-corrected chi connectivity index (χ2v) is 4.04. The Kier molecular flexibility index (Phi) is 4.67. The number of aliphatic hydroxyl groups excluding tert-OH is 1. The van der Waals surface area contributed by atoms with Crippen LogP contribution in [0.2, 0.25) is 0 Å². The molecule has 1 atom stereocenters. The van der Waals surface area contributed by atoms with Gasteiger partial charge in [0.2, 0.25) is 0 Å². The second kappa shape index (κ2) is 6.02. The first kappa shape index (κ1) is 14.0. The fourth-order valence-corrected chi connectivity index (χ4v) is 1.39. The minimum absolute atomic E-state index is 0.158. The van der Waals surface area contributed by atoms with E-state index in [0.29, 0.717) is 5.69 Å². The molecule has 6 nitrogen and oxygen atoms in total. The van der Waals surface area contributed by atoms with Gasteiger partial charge >= 0.3 is 12.0 Å². The number of nitrogens with zero attached hydrogens (tertiary/aromatic N) is 1. The summed E-state index contributed by atoms with van der Waals surface area (Å²) in [5.41, 5.74) is 0.660. The number of carboxylic acid groups (broad SMARTS) is 1. The number of hydrogen-bond donors (Lipinski definition) is 3. The zero-order chi connectivity index (χ0) is 13.7. The van der Waals surface area contributed by atoms with E-state index in [-0.39, 0.29) is 18.1 Å². The van der Waals surface area contributed by atoms with E-state index in [9.17, 15) is 9.59 Å². The predicted octanol–water partition coefficient (Wildman–Crippen LogP) is 1.23. The third-order valence-electron chi connectivity index (χ3n) is 2.27. The fraction of sp³-hybridized carbons (Fsp3) is 0.333. The van der Waals surface area contributed by atoms with E-state index in [2.05, 4.69) is 5.32 Å². The van der Waals surface area contributed by atoms with Gasteiger partial charge in [-0.25, -0.2) is 9.59 Å². The Balaban J connectivity index is 2.62. The van der Waals surface area contributed by atoms with E-state index in [4.69, 9.17) is 10.2 Å². The van der Waals surface area contributed by atoms with Crippen molar-refractivity contribution in [3.8, 4) is 0 Å². The molecule has 0 aromatic heterocycles. The summed E-state index contributed by atoms with van der Waals surface area (Å²) < 4.78 is 0. The molecule has 0 aliphatic heterocycles. The molecule has 1 rings (SSSR count). The number of aliphatic hydroxyl groups is 1. The van der Waals surface area contributed by atoms with Gasteiger partial charge in [-0.05, 0) is 31.2 Å². The van der Waals surface area contributed by atoms with Gasteiger partial charge in [0, 0.05) is 19.3 Å². The van der Waals surface area contributed by atoms with Crippen LogP contribution in [-0.2, 0) is 0 Å². The molecule has 3 N–H and O–H groups in total. The van der Waals surface area contributed by atoms with Gasteiger partial charge in [0.15, 0.2) is 0 Å². The second-order valence-electron chi connectivity index (χ2n) is 4.04. The molecule has 0 bridgehead atoms. The maximum atomic E-state index is 11.7. The first-order chi connectivity index (χ1) is 8.40.